The number of aromatic nitrogens is 2. The van der Waals surface area contributed by atoms with Crippen LogP contribution < -0.4 is 10.5 Å². The average Bonchev–Trinajstić information content (AvgIpc) is 2.63. The molecule has 0 unspecified atom stereocenters. The summed E-state index contributed by atoms with van der Waals surface area (Å²) in [6.07, 6.45) is 0. The summed E-state index contributed by atoms with van der Waals surface area (Å²) in [7, 11) is 0. The number of hydrogen-bond acceptors (Lipinski definition) is 5. The summed E-state index contributed by atoms with van der Waals surface area (Å²) in [5.41, 5.74) is 6.57. The second-order valence-corrected chi connectivity index (χ2v) is 4.18. The standard InChI is InChI=1S/C10H11N3OS/c1-7-4-2-3-5-8(7)14-6-9-12-13-10(11)15-9/h2-5H,6H2,1H3,(H2,11,13). The normalized spacial score (nSPS) is 10.2. The lowest BCUT2D eigenvalue weighted by Crippen LogP contribution is -1.96. The number of aryl methyl sites for hydroxylation is 1. The van der Waals surface area contributed by atoms with Crippen LogP contribution in [-0.2, 0) is 6.61 Å². The lowest BCUT2D eigenvalue weighted by atomic mass is 10.2. The van der Waals surface area contributed by atoms with Gasteiger partial charge in [0.2, 0.25) is 5.13 Å². The maximum absolute atomic E-state index is 5.59. The monoisotopic (exact) mass is 221 g/mol. The van der Waals surface area contributed by atoms with Crippen molar-refractivity contribution in [1.82, 2.24) is 10.2 Å². The molecule has 0 aliphatic heterocycles. The highest BCUT2D eigenvalue weighted by Gasteiger charge is 2.03. The zero-order valence-electron chi connectivity index (χ0n) is 8.30. The third kappa shape index (κ3) is 2.44. The minimum atomic E-state index is 0.416. The molecule has 0 bridgehead atoms. The number of hydrogen-bond donors (Lipinski definition) is 1. The van der Waals surface area contributed by atoms with E-state index in [0.717, 1.165) is 16.3 Å². The summed E-state index contributed by atoms with van der Waals surface area (Å²) in [5, 5.41) is 8.86. The molecule has 0 radical (unpaired) electrons. The van der Waals surface area contributed by atoms with Crippen molar-refractivity contribution >= 4 is 16.5 Å². The molecule has 78 valence electrons. The molecule has 2 N–H and O–H groups in total. The van der Waals surface area contributed by atoms with E-state index in [1.165, 1.54) is 11.3 Å². The molecule has 0 aliphatic rings. The zero-order valence-corrected chi connectivity index (χ0v) is 9.12. The van der Waals surface area contributed by atoms with Gasteiger partial charge in [-0.25, -0.2) is 0 Å². The molecule has 0 spiro atoms. The van der Waals surface area contributed by atoms with E-state index in [0.29, 0.717) is 11.7 Å². The Morgan fingerprint density at radius 1 is 1.33 bits per heavy atom. The van der Waals surface area contributed by atoms with Gasteiger partial charge in [0, 0.05) is 0 Å². The Kier molecular flexibility index (Phi) is 2.82. The van der Waals surface area contributed by atoms with E-state index in [1.54, 1.807) is 0 Å². The van der Waals surface area contributed by atoms with Crippen LogP contribution >= 0.6 is 11.3 Å². The molecule has 0 aliphatic carbocycles. The molecule has 0 atom stereocenters. The first-order valence-corrected chi connectivity index (χ1v) is 5.33. The topological polar surface area (TPSA) is 61.0 Å². The molecule has 0 saturated carbocycles. The van der Waals surface area contributed by atoms with Crippen molar-refractivity contribution < 1.29 is 4.74 Å². The number of rotatable bonds is 3. The van der Waals surface area contributed by atoms with Crippen molar-refractivity contribution in [2.24, 2.45) is 0 Å². The van der Waals surface area contributed by atoms with Crippen molar-refractivity contribution in [2.75, 3.05) is 5.73 Å². The Morgan fingerprint density at radius 2 is 2.13 bits per heavy atom. The van der Waals surface area contributed by atoms with Gasteiger partial charge in [-0.05, 0) is 18.6 Å². The summed E-state index contributed by atoms with van der Waals surface area (Å²) in [4.78, 5) is 0. The molecule has 2 aromatic rings. The molecular weight excluding hydrogens is 210 g/mol. The lowest BCUT2D eigenvalue weighted by molar-refractivity contribution is 0.302. The third-order valence-corrected chi connectivity index (χ3v) is 2.65. The number of para-hydroxylation sites is 1. The molecule has 4 nitrogen and oxygen atoms in total. The fourth-order valence-electron chi connectivity index (χ4n) is 1.18. The van der Waals surface area contributed by atoms with Crippen LogP contribution in [0.4, 0.5) is 5.13 Å². The fourth-order valence-corrected chi connectivity index (χ4v) is 1.71. The molecule has 2 rings (SSSR count). The molecule has 15 heavy (non-hydrogen) atoms. The molecule has 0 fully saturated rings. The van der Waals surface area contributed by atoms with Crippen LogP contribution in [-0.4, -0.2) is 10.2 Å². The van der Waals surface area contributed by atoms with Gasteiger partial charge in [0.25, 0.3) is 0 Å². The highest BCUT2D eigenvalue weighted by Crippen LogP contribution is 2.19. The number of benzene rings is 1. The van der Waals surface area contributed by atoms with Gasteiger partial charge in [-0.2, -0.15) is 0 Å². The first kappa shape index (κ1) is 9.92. The molecular formula is C10H11N3OS. The van der Waals surface area contributed by atoms with Crippen LogP contribution in [0.3, 0.4) is 0 Å². The number of nitrogen functional groups attached to an aromatic ring is 1. The number of anilines is 1. The van der Waals surface area contributed by atoms with Gasteiger partial charge in [-0.3, -0.25) is 0 Å². The van der Waals surface area contributed by atoms with Crippen LogP contribution in [0.1, 0.15) is 10.6 Å². The predicted molar refractivity (Wildman–Crippen MR) is 59.8 cm³/mol. The van der Waals surface area contributed by atoms with E-state index in [4.69, 9.17) is 10.5 Å². The lowest BCUT2D eigenvalue weighted by Gasteiger charge is -2.05. The SMILES string of the molecule is Cc1ccccc1OCc1nnc(N)s1. The van der Waals surface area contributed by atoms with E-state index < -0.39 is 0 Å². The first-order valence-electron chi connectivity index (χ1n) is 4.52. The predicted octanol–water partition coefficient (Wildman–Crippen LogP) is 2.01. The Morgan fingerprint density at radius 3 is 2.80 bits per heavy atom. The van der Waals surface area contributed by atoms with Gasteiger partial charge in [-0.1, -0.05) is 29.5 Å². The van der Waals surface area contributed by atoms with E-state index >= 15 is 0 Å². The van der Waals surface area contributed by atoms with E-state index in [-0.39, 0.29) is 0 Å². The number of nitrogens with two attached hydrogens (primary N) is 1. The minimum absolute atomic E-state index is 0.416. The highest BCUT2D eigenvalue weighted by molar-refractivity contribution is 7.15. The van der Waals surface area contributed by atoms with E-state index in [2.05, 4.69) is 10.2 Å². The average molecular weight is 221 g/mol. The van der Waals surface area contributed by atoms with Crippen LogP contribution in [0.2, 0.25) is 0 Å². The largest absolute Gasteiger partial charge is 0.486 e. The Bertz CT molecular complexity index is 455. The van der Waals surface area contributed by atoms with E-state index in [9.17, 15) is 0 Å². The van der Waals surface area contributed by atoms with Crippen molar-refractivity contribution in [3.05, 3.63) is 34.8 Å². The van der Waals surface area contributed by atoms with Crippen molar-refractivity contribution in [2.45, 2.75) is 13.5 Å². The molecule has 1 aromatic heterocycles. The number of nitrogens with zero attached hydrogens (tertiary/aromatic N) is 2. The third-order valence-electron chi connectivity index (χ3n) is 1.93. The second-order valence-electron chi connectivity index (χ2n) is 3.09. The smallest absolute Gasteiger partial charge is 0.203 e. The van der Waals surface area contributed by atoms with Crippen LogP contribution in [0.5, 0.6) is 5.75 Å². The summed E-state index contributed by atoms with van der Waals surface area (Å²) in [5.74, 6) is 0.867. The molecule has 1 heterocycles. The van der Waals surface area contributed by atoms with Gasteiger partial charge in [0.15, 0.2) is 5.01 Å². The summed E-state index contributed by atoms with van der Waals surface area (Å²) in [6.45, 7) is 2.42. The zero-order chi connectivity index (χ0) is 10.7. The second kappa shape index (κ2) is 4.27. The minimum Gasteiger partial charge on any atom is -0.486 e. The molecule has 0 amide bonds. The Balaban J connectivity index is 2.02. The highest BCUT2D eigenvalue weighted by atomic mass is 32.1. The van der Waals surface area contributed by atoms with Gasteiger partial charge in [0.05, 0.1) is 0 Å². The first-order chi connectivity index (χ1) is 7.25. The van der Waals surface area contributed by atoms with Crippen LogP contribution in [0, 0.1) is 6.92 Å². The van der Waals surface area contributed by atoms with Gasteiger partial charge >= 0.3 is 0 Å². The van der Waals surface area contributed by atoms with Gasteiger partial charge < -0.3 is 10.5 Å². The van der Waals surface area contributed by atoms with Crippen molar-refractivity contribution in [1.29, 1.82) is 0 Å². The number of ether oxygens (including phenoxy) is 1. The van der Waals surface area contributed by atoms with Crippen LogP contribution in [0.15, 0.2) is 24.3 Å². The summed E-state index contributed by atoms with van der Waals surface area (Å²) in [6, 6.07) is 7.85. The van der Waals surface area contributed by atoms with Crippen molar-refractivity contribution in [3.63, 3.8) is 0 Å². The van der Waals surface area contributed by atoms with Crippen LogP contribution in [0.25, 0.3) is 0 Å². The van der Waals surface area contributed by atoms with E-state index in [1.807, 2.05) is 31.2 Å². The molecule has 5 heteroatoms. The summed E-state index contributed by atoms with van der Waals surface area (Å²) < 4.78 is 5.59. The fraction of sp³-hybridized carbons (Fsp3) is 0.200. The molecule has 1 aromatic carbocycles. The van der Waals surface area contributed by atoms with Crippen molar-refractivity contribution in [3.8, 4) is 5.75 Å². The summed E-state index contributed by atoms with van der Waals surface area (Å²) >= 11 is 1.34. The molecule has 0 saturated heterocycles. The Hall–Kier alpha value is -1.62. The maximum atomic E-state index is 5.59. The Labute approximate surface area is 91.7 Å². The maximum Gasteiger partial charge on any atom is 0.203 e. The van der Waals surface area contributed by atoms with Gasteiger partial charge in [-0.15, -0.1) is 10.2 Å². The quantitative estimate of drug-likeness (QED) is 0.861. The van der Waals surface area contributed by atoms with Gasteiger partial charge in [0.1, 0.15) is 12.4 Å².